The van der Waals surface area contributed by atoms with Crippen molar-refractivity contribution in [3.05, 3.63) is 47.5 Å². The molecule has 0 saturated carbocycles. The van der Waals surface area contributed by atoms with E-state index >= 15 is 0 Å². The fraction of sp³-hybridized carbons (Fsp3) is 0.0667. The van der Waals surface area contributed by atoms with E-state index in [9.17, 15) is 4.79 Å². The van der Waals surface area contributed by atoms with E-state index in [4.69, 9.17) is 11.5 Å². The molecule has 6 heteroatoms. The SMILES string of the molecule is Cc1ccc2nc(NC(=O)c3ccc(N)cc3N)sc2c1. The first-order valence-electron chi connectivity index (χ1n) is 6.36. The number of hydrogen-bond donors (Lipinski definition) is 3. The Morgan fingerprint density at radius 2 is 2.00 bits per heavy atom. The van der Waals surface area contributed by atoms with Gasteiger partial charge in [-0.1, -0.05) is 17.4 Å². The van der Waals surface area contributed by atoms with Crippen LogP contribution in [-0.4, -0.2) is 10.9 Å². The summed E-state index contributed by atoms with van der Waals surface area (Å²) in [6, 6.07) is 10.8. The van der Waals surface area contributed by atoms with E-state index in [0.717, 1.165) is 15.8 Å². The number of carbonyl (C=O) groups is 1. The lowest BCUT2D eigenvalue weighted by Gasteiger charge is -2.05. The molecule has 0 bridgehead atoms. The van der Waals surface area contributed by atoms with Crippen LogP contribution in [0.2, 0.25) is 0 Å². The summed E-state index contributed by atoms with van der Waals surface area (Å²) in [7, 11) is 0. The molecule has 5 nitrogen and oxygen atoms in total. The number of thiazole rings is 1. The average molecular weight is 298 g/mol. The number of nitrogens with zero attached hydrogens (tertiary/aromatic N) is 1. The monoisotopic (exact) mass is 298 g/mol. The number of nitrogens with two attached hydrogens (primary N) is 2. The van der Waals surface area contributed by atoms with Gasteiger partial charge in [0.15, 0.2) is 5.13 Å². The van der Waals surface area contributed by atoms with Gasteiger partial charge in [-0.05, 0) is 42.8 Å². The minimum absolute atomic E-state index is 0.289. The van der Waals surface area contributed by atoms with E-state index in [-0.39, 0.29) is 5.91 Å². The molecule has 3 rings (SSSR count). The number of nitrogens with one attached hydrogen (secondary N) is 1. The molecule has 0 spiro atoms. The van der Waals surface area contributed by atoms with Crippen molar-refractivity contribution in [3.63, 3.8) is 0 Å². The van der Waals surface area contributed by atoms with Gasteiger partial charge in [0.2, 0.25) is 0 Å². The van der Waals surface area contributed by atoms with Crippen molar-refractivity contribution in [2.45, 2.75) is 6.92 Å². The first kappa shape index (κ1) is 13.4. The minimum Gasteiger partial charge on any atom is -0.399 e. The third kappa shape index (κ3) is 2.66. The topological polar surface area (TPSA) is 94.0 Å². The molecule has 21 heavy (non-hydrogen) atoms. The van der Waals surface area contributed by atoms with Gasteiger partial charge in [0.05, 0.1) is 15.8 Å². The Hall–Kier alpha value is -2.60. The molecule has 106 valence electrons. The van der Waals surface area contributed by atoms with Crippen LogP contribution in [-0.2, 0) is 0 Å². The smallest absolute Gasteiger partial charge is 0.259 e. The summed E-state index contributed by atoms with van der Waals surface area (Å²) in [4.78, 5) is 16.6. The van der Waals surface area contributed by atoms with Crippen molar-refractivity contribution < 1.29 is 4.79 Å². The second-order valence-electron chi connectivity index (χ2n) is 4.79. The highest BCUT2D eigenvalue weighted by molar-refractivity contribution is 7.22. The molecule has 0 aliphatic rings. The summed E-state index contributed by atoms with van der Waals surface area (Å²) in [6.45, 7) is 2.02. The first-order chi connectivity index (χ1) is 10.0. The van der Waals surface area contributed by atoms with E-state index in [1.807, 2.05) is 25.1 Å². The lowest BCUT2D eigenvalue weighted by molar-refractivity contribution is 0.102. The first-order valence-corrected chi connectivity index (χ1v) is 7.18. The van der Waals surface area contributed by atoms with Crippen LogP contribution >= 0.6 is 11.3 Å². The summed E-state index contributed by atoms with van der Waals surface area (Å²) in [5, 5.41) is 3.33. The molecular weight excluding hydrogens is 284 g/mol. The van der Waals surface area contributed by atoms with Gasteiger partial charge in [-0.25, -0.2) is 4.98 Å². The number of amides is 1. The standard InChI is InChI=1S/C15H14N4OS/c1-8-2-5-12-13(6-8)21-15(18-12)19-14(20)10-4-3-9(16)7-11(10)17/h2-7H,16-17H2,1H3,(H,18,19,20). The Morgan fingerprint density at radius 1 is 1.19 bits per heavy atom. The quantitative estimate of drug-likeness (QED) is 0.634. The Kier molecular flexibility index (Phi) is 3.23. The van der Waals surface area contributed by atoms with Gasteiger partial charge in [-0.3, -0.25) is 10.1 Å². The van der Waals surface area contributed by atoms with Crippen molar-refractivity contribution in [2.75, 3.05) is 16.8 Å². The lowest BCUT2D eigenvalue weighted by atomic mass is 10.1. The molecule has 3 aromatic rings. The third-order valence-corrected chi connectivity index (χ3v) is 4.02. The highest BCUT2D eigenvalue weighted by Crippen LogP contribution is 2.27. The van der Waals surface area contributed by atoms with Crippen molar-refractivity contribution >= 4 is 44.0 Å². The van der Waals surface area contributed by atoms with Crippen molar-refractivity contribution in [1.29, 1.82) is 0 Å². The number of carbonyl (C=O) groups excluding carboxylic acids is 1. The van der Waals surface area contributed by atoms with Gasteiger partial charge < -0.3 is 11.5 Å². The average Bonchev–Trinajstić information content (AvgIpc) is 2.79. The maximum atomic E-state index is 12.2. The summed E-state index contributed by atoms with van der Waals surface area (Å²) in [6.07, 6.45) is 0. The minimum atomic E-state index is -0.289. The molecule has 0 saturated heterocycles. The molecule has 0 atom stereocenters. The number of benzene rings is 2. The second-order valence-corrected chi connectivity index (χ2v) is 5.82. The molecule has 0 fully saturated rings. The normalized spacial score (nSPS) is 10.7. The van der Waals surface area contributed by atoms with E-state index in [1.54, 1.807) is 18.2 Å². The lowest BCUT2D eigenvalue weighted by Crippen LogP contribution is -2.14. The summed E-state index contributed by atoms with van der Waals surface area (Å²) >= 11 is 1.43. The highest BCUT2D eigenvalue weighted by atomic mass is 32.1. The Balaban J connectivity index is 1.89. The van der Waals surface area contributed by atoms with Crippen LogP contribution in [0.5, 0.6) is 0 Å². The summed E-state index contributed by atoms with van der Waals surface area (Å²) in [5.74, 6) is -0.289. The van der Waals surface area contributed by atoms with E-state index in [2.05, 4.69) is 10.3 Å². The van der Waals surface area contributed by atoms with Gasteiger partial charge >= 0.3 is 0 Å². The van der Waals surface area contributed by atoms with Crippen LogP contribution in [0.25, 0.3) is 10.2 Å². The van der Waals surface area contributed by atoms with Gasteiger partial charge in [0, 0.05) is 11.4 Å². The number of fused-ring (bicyclic) bond motifs is 1. The van der Waals surface area contributed by atoms with Gasteiger partial charge in [-0.15, -0.1) is 0 Å². The molecule has 0 aliphatic carbocycles. The zero-order chi connectivity index (χ0) is 15.0. The van der Waals surface area contributed by atoms with E-state index < -0.39 is 0 Å². The van der Waals surface area contributed by atoms with Crippen molar-refractivity contribution in [1.82, 2.24) is 4.98 Å². The molecule has 0 radical (unpaired) electrons. The van der Waals surface area contributed by atoms with Gasteiger partial charge in [0.25, 0.3) is 5.91 Å². The molecule has 1 heterocycles. The fourth-order valence-electron chi connectivity index (χ4n) is 2.04. The molecule has 0 aliphatic heterocycles. The van der Waals surface area contributed by atoms with Gasteiger partial charge in [-0.2, -0.15) is 0 Å². The molecule has 2 aromatic carbocycles. The molecule has 1 aromatic heterocycles. The van der Waals surface area contributed by atoms with Gasteiger partial charge in [0.1, 0.15) is 0 Å². The highest BCUT2D eigenvalue weighted by Gasteiger charge is 2.12. The number of nitrogen functional groups attached to an aromatic ring is 2. The van der Waals surface area contributed by atoms with Crippen LogP contribution in [0, 0.1) is 6.92 Å². The number of anilines is 3. The Bertz CT molecular complexity index is 841. The van der Waals surface area contributed by atoms with Crippen LogP contribution in [0.15, 0.2) is 36.4 Å². The van der Waals surface area contributed by atoms with Crippen molar-refractivity contribution in [2.24, 2.45) is 0 Å². The van der Waals surface area contributed by atoms with Crippen molar-refractivity contribution in [3.8, 4) is 0 Å². The van der Waals surface area contributed by atoms with Crippen LogP contribution < -0.4 is 16.8 Å². The third-order valence-electron chi connectivity index (χ3n) is 3.08. The van der Waals surface area contributed by atoms with Crippen LogP contribution in [0.4, 0.5) is 16.5 Å². The van der Waals surface area contributed by atoms with E-state index in [1.165, 1.54) is 11.3 Å². The fourth-order valence-corrected chi connectivity index (χ4v) is 3.00. The zero-order valence-electron chi connectivity index (χ0n) is 11.4. The maximum absolute atomic E-state index is 12.2. The molecule has 1 amide bonds. The maximum Gasteiger partial charge on any atom is 0.259 e. The predicted octanol–water partition coefficient (Wildman–Crippen LogP) is 3.02. The molecule has 5 N–H and O–H groups in total. The number of aromatic nitrogens is 1. The van der Waals surface area contributed by atoms with Crippen LogP contribution in [0.1, 0.15) is 15.9 Å². The number of hydrogen-bond acceptors (Lipinski definition) is 5. The Morgan fingerprint density at radius 3 is 2.76 bits per heavy atom. The molecular formula is C15H14N4OS. The largest absolute Gasteiger partial charge is 0.399 e. The number of aryl methyl sites for hydroxylation is 1. The Labute approximate surface area is 125 Å². The number of rotatable bonds is 2. The predicted molar refractivity (Wildman–Crippen MR) is 87.6 cm³/mol. The summed E-state index contributed by atoms with van der Waals surface area (Å²) in [5.41, 5.74) is 14.7. The van der Waals surface area contributed by atoms with E-state index in [0.29, 0.717) is 22.1 Å². The summed E-state index contributed by atoms with van der Waals surface area (Å²) < 4.78 is 1.04. The second kappa shape index (κ2) is 5.06. The zero-order valence-corrected chi connectivity index (χ0v) is 12.2. The van der Waals surface area contributed by atoms with Crippen LogP contribution in [0.3, 0.4) is 0 Å². The molecule has 0 unspecified atom stereocenters.